The highest BCUT2D eigenvalue weighted by Crippen LogP contribution is 2.43. The van der Waals surface area contributed by atoms with Crippen LogP contribution in [0, 0.1) is 5.82 Å². The lowest BCUT2D eigenvalue weighted by molar-refractivity contribution is 0.477. The minimum Gasteiger partial charge on any atom is -0.507 e. The number of nitrogens with one attached hydrogen (secondary N) is 2. The molecule has 194 valence electrons. The van der Waals surface area contributed by atoms with Crippen LogP contribution in [0.3, 0.4) is 0 Å². The molecule has 10 heteroatoms. The highest BCUT2D eigenvalue weighted by Gasteiger charge is 2.24. The smallest absolute Gasteiger partial charge is 0.332 e. The summed E-state index contributed by atoms with van der Waals surface area (Å²) in [6, 6.07) is 11.9. The lowest BCUT2D eigenvalue weighted by atomic mass is 9.95. The first-order valence-corrected chi connectivity index (χ1v) is 12.7. The number of H-pyrrole nitrogens is 1. The molecule has 0 spiro atoms. The van der Waals surface area contributed by atoms with Crippen molar-refractivity contribution in [2.45, 2.75) is 12.5 Å². The Hall–Kier alpha value is -4.08. The molecule has 0 radical (unpaired) electrons. The summed E-state index contributed by atoms with van der Waals surface area (Å²) < 4.78 is 17.9. The molecule has 5 aromatic rings. The summed E-state index contributed by atoms with van der Waals surface area (Å²) >= 11 is 6.55. The van der Waals surface area contributed by atoms with E-state index in [9.17, 15) is 9.90 Å². The van der Waals surface area contributed by atoms with Gasteiger partial charge in [-0.1, -0.05) is 17.7 Å². The zero-order chi connectivity index (χ0) is 26.6. The molecule has 0 bridgehead atoms. The van der Waals surface area contributed by atoms with Gasteiger partial charge in [-0.3, -0.25) is 9.67 Å². The van der Waals surface area contributed by atoms with Gasteiger partial charge < -0.3 is 19.9 Å². The van der Waals surface area contributed by atoms with Gasteiger partial charge in [0.1, 0.15) is 11.6 Å². The summed E-state index contributed by atoms with van der Waals surface area (Å²) in [6.07, 6.45) is 6.08. The molecule has 0 unspecified atom stereocenters. The van der Waals surface area contributed by atoms with Crippen molar-refractivity contribution in [3.8, 4) is 33.7 Å². The number of anilines is 1. The summed E-state index contributed by atoms with van der Waals surface area (Å²) in [5, 5.41) is 23.2. The second kappa shape index (κ2) is 9.34. The summed E-state index contributed by atoms with van der Waals surface area (Å²) in [7, 11) is 3.61. The number of nitrogens with zero attached hydrogens (tertiary/aromatic N) is 4. The van der Waals surface area contributed by atoms with Crippen LogP contribution in [-0.4, -0.2) is 50.6 Å². The van der Waals surface area contributed by atoms with Gasteiger partial charge in [0.05, 0.1) is 22.4 Å². The van der Waals surface area contributed by atoms with Crippen molar-refractivity contribution in [2.75, 3.05) is 25.0 Å². The predicted molar refractivity (Wildman–Crippen MR) is 148 cm³/mol. The molecule has 1 fully saturated rings. The van der Waals surface area contributed by atoms with Crippen molar-refractivity contribution >= 4 is 28.2 Å². The number of imidazole rings is 1. The maximum Gasteiger partial charge on any atom is 0.332 e. The second-order valence-corrected chi connectivity index (χ2v) is 10.0. The molecule has 2 aromatic heterocycles. The molecule has 38 heavy (non-hydrogen) atoms. The number of aryl methyl sites for hydroxylation is 1. The van der Waals surface area contributed by atoms with Gasteiger partial charge in [-0.15, -0.1) is 0 Å². The van der Waals surface area contributed by atoms with Crippen LogP contribution in [0.2, 0.25) is 5.02 Å². The molecule has 0 saturated carbocycles. The summed E-state index contributed by atoms with van der Waals surface area (Å²) in [6.45, 7) is 1.72. The number of fused-ring (bicyclic) bond motifs is 1. The maximum atomic E-state index is 15.0. The number of aromatic nitrogens is 4. The zero-order valence-electron chi connectivity index (χ0n) is 20.9. The third-order valence-corrected chi connectivity index (χ3v) is 7.63. The van der Waals surface area contributed by atoms with E-state index < -0.39 is 5.82 Å². The first kappa shape index (κ1) is 24.3. The van der Waals surface area contributed by atoms with Gasteiger partial charge in [-0.05, 0) is 61.0 Å². The molecule has 0 aliphatic carbocycles. The Labute approximate surface area is 222 Å². The Balaban J connectivity index is 1.45. The van der Waals surface area contributed by atoms with Crippen molar-refractivity contribution in [3.63, 3.8) is 0 Å². The van der Waals surface area contributed by atoms with Gasteiger partial charge in [-0.2, -0.15) is 5.10 Å². The van der Waals surface area contributed by atoms with Crippen molar-refractivity contribution in [3.05, 3.63) is 82.4 Å². The number of phenolic OH excluding ortho intramolecular Hbond substituents is 1. The van der Waals surface area contributed by atoms with Gasteiger partial charge in [-0.25, -0.2) is 9.18 Å². The fourth-order valence-electron chi connectivity index (χ4n) is 5.22. The molecule has 1 saturated heterocycles. The van der Waals surface area contributed by atoms with Crippen LogP contribution in [0.5, 0.6) is 5.75 Å². The van der Waals surface area contributed by atoms with E-state index in [4.69, 9.17) is 11.6 Å². The molecule has 6 rings (SSSR count). The maximum absolute atomic E-state index is 15.0. The number of aromatic hydroxyl groups is 1. The Morgan fingerprint density at radius 3 is 2.58 bits per heavy atom. The second-order valence-electron chi connectivity index (χ2n) is 9.62. The Bertz CT molecular complexity index is 1740. The quantitative estimate of drug-likeness (QED) is 0.306. The summed E-state index contributed by atoms with van der Waals surface area (Å²) in [4.78, 5) is 14.7. The molecule has 8 nitrogen and oxygen atoms in total. The largest absolute Gasteiger partial charge is 0.507 e. The number of benzene rings is 3. The highest BCUT2D eigenvalue weighted by molar-refractivity contribution is 6.32. The zero-order valence-corrected chi connectivity index (χ0v) is 21.6. The average molecular weight is 533 g/mol. The molecule has 0 amide bonds. The summed E-state index contributed by atoms with van der Waals surface area (Å²) in [5.74, 6) is -0.554. The Kier molecular flexibility index (Phi) is 5.97. The monoisotopic (exact) mass is 532 g/mol. The number of rotatable bonds is 5. The molecule has 1 aliphatic rings. The van der Waals surface area contributed by atoms with Crippen LogP contribution >= 0.6 is 11.6 Å². The summed E-state index contributed by atoms with van der Waals surface area (Å²) in [5.41, 5.74) is 3.91. The Morgan fingerprint density at radius 1 is 1.11 bits per heavy atom. The van der Waals surface area contributed by atoms with E-state index in [1.165, 1.54) is 21.3 Å². The minimum absolute atomic E-state index is 0.0635. The fraction of sp³-hybridized carbons (Fsp3) is 0.214. The van der Waals surface area contributed by atoms with E-state index in [1.807, 2.05) is 19.2 Å². The van der Waals surface area contributed by atoms with E-state index in [-0.39, 0.29) is 11.4 Å². The topological polar surface area (TPSA) is 91.1 Å². The molecule has 3 N–H and O–H groups in total. The van der Waals surface area contributed by atoms with E-state index in [0.717, 1.165) is 36.1 Å². The molecule has 1 atom stereocenters. The van der Waals surface area contributed by atoms with Crippen molar-refractivity contribution in [2.24, 2.45) is 7.05 Å². The van der Waals surface area contributed by atoms with Gasteiger partial charge in [0.2, 0.25) is 0 Å². The van der Waals surface area contributed by atoms with Crippen molar-refractivity contribution in [1.82, 2.24) is 24.6 Å². The van der Waals surface area contributed by atoms with Gasteiger partial charge >= 0.3 is 5.69 Å². The fourth-order valence-corrected chi connectivity index (χ4v) is 5.49. The number of aromatic amines is 1. The number of hydrogen-bond donors (Lipinski definition) is 3. The molecule has 3 aromatic carbocycles. The van der Waals surface area contributed by atoms with Crippen LogP contribution in [0.1, 0.15) is 6.42 Å². The lowest BCUT2D eigenvalue weighted by Gasteiger charge is -2.21. The molecule has 3 heterocycles. The molecule has 1 aliphatic heterocycles. The number of hydrogen-bond acceptors (Lipinski definition) is 5. The SMILES string of the molecule is CN[C@H]1CCN(c2cc(-c3cc(F)cc(-c4ccc(-n5ccn(C)c5=O)c(Cl)c4)c3O)cc3[nH]ncc23)C1. The number of likely N-dealkylation sites (N-methyl/N-ethyl adjacent to an activating group) is 1. The minimum atomic E-state index is -0.491. The van der Waals surface area contributed by atoms with Crippen LogP contribution in [0.25, 0.3) is 38.8 Å². The van der Waals surface area contributed by atoms with E-state index in [1.54, 1.807) is 43.8 Å². The third kappa shape index (κ3) is 4.04. The van der Waals surface area contributed by atoms with Crippen LogP contribution in [0.15, 0.2) is 65.8 Å². The normalized spacial score (nSPS) is 15.6. The predicted octanol–water partition coefficient (Wildman–Crippen LogP) is 4.68. The van der Waals surface area contributed by atoms with Crippen LogP contribution < -0.4 is 15.9 Å². The van der Waals surface area contributed by atoms with Gasteiger partial charge in [0.25, 0.3) is 0 Å². The Morgan fingerprint density at radius 2 is 1.89 bits per heavy atom. The van der Waals surface area contributed by atoms with Gasteiger partial charge in [0.15, 0.2) is 0 Å². The third-order valence-electron chi connectivity index (χ3n) is 7.33. The molecular weight excluding hydrogens is 507 g/mol. The van der Waals surface area contributed by atoms with E-state index in [2.05, 4.69) is 20.4 Å². The average Bonchev–Trinajstić information content (AvgIpc) is 3.65. The standard InChI is InChI=1S/C28H26ClFN6O2/c1-31-19-5-6-35(15-19)26-11-17(10-24-22(26)14-32-33-24)21-13-18(30)12-20(27(21)37)16-3-4-25(23(29)9-16)36-8-7-34(2)28(36)38/h3-4,7-14,19,31,37H,5-6,15H2,1-2H3,(H,32,33)/t19-/m0/s1. The van der Waals surface area contributed by atoms with E-state index >= 15 is 4.39 Å². The number of phenols is 1. The first-order chi connectivity index (χ1) is 18.3. The first-order valence-electron chi connectivity index (χ1n) is 12.3. The van der Waals surface area contributed by atoms with Crippen molar-refractivity contribution < 1.29 is 9.50 Å². The highest BCUT2D eigenvalue weighted by atomic mass is 35.5. The van der Waals surface area contributed by atoms with E-state index in [0.29, 0.717) is 39.0 Å². The molecular formula is C28H26ClFN6O2. The van der Waals surface area contributed by atoms with Crippen molar-refractivity contribution in [1.29, 1.82) is 0 Å². The number of halogens is 2. The lowest BCUT2D eigenvalue weighted by Crippen LogP contribution is -2.29. The van der Waals surface area contributed by atoms with Crippen LogP contribution in [-0.2, 0) is 7.05 Å². The van der Waals surface area contributed by atoms with Gasteiger partial charge in [0, 0.05) is 60.8 Å². The van der Waals surface area contributed by atoms with Crippen LogP contribution in [0.4, 0.5) is 10.1 Å².